The first-order valence-electron chi connectivity index (χ1n) is 6.73. The Morgan fingerprint density at radius 3 is 2.38 bits per heavy atom. The standard InChI is InChI=1S/C16H16ClNO2S/c1-10-5-7-13(8-6-10)21(19,20)16-14(15(16)18)11-3-2-4-12(17)9-11/h2-9,14-16H,18H2,1H3/t14-,15-,16+/m1/s1. The van der Waals surface area contributed by atoms with Crippen molar-refractivity contribution in [1.82, 2.24) is 0 Å². The van der Waals surface area contributed by atoms with Crippen molar-refractivity contribution in [3.63, 3.8) is 0 Å². The molecule has 3 nitrogen and oxygen atoms in total. The van der Waals surface area contributed by atoms with Crippen molar-refractivity contribution in [2.24, 2.45) is 5.73 Å². The number of sulfone groups is 1. The Balaban J connectivity index is 1.93. The Morgan fingerprint density at radius 2 is 1.76 bits per heavy atom. The van der Waals surface area contributed by atoms with E-state index < -0.39 is 15.1 Å². The zero-order chi connectivity index (χ0) is 15.2. The first-order chi connectivity index (χ1) is 9.91. The molecule has 0 radical (unpaired) electrons. The van der Waals surface area contributed by atoms with Gasteiger partial charge in [0.05, 0.1) is 10.1 Å². The minimum atomic E-state index is -3.41. The van der Waals surface area contributed by atoms with E-state index in [2.05, 4.69) is 0 Å². The fourth-order valence-electron chi connectivity index (χ4n) is 2.72. The van der Waals surface area contributed by atoms with Crippen LogP contribution in [0.2, 0.25) is 5.02 Å². The molecule has 21 heavy (non-hydrogen) atoms. The van der Waals surface area contributed by atoms with Gasteiger partial charge in [-0.2, -0.15) is 0 Å². The van der Waals surface area contributed by atoms with E-state index in [0.717, 1.165) is 11.1 Å². The summed E-state index contributed by atoms with van der Waals surface area (Å²) in [6.07, 6.45) is 0. The van der Waals surface area contributed by atoms with E-state index in [1.54, 1.807) is 36.4 Å². The van der Waals surface area contributed by atoms with E-state index >= 15 is 0 Å². The maximum atomic E-state index is 12.7. The monoisotopic (exact) mass is 321 g/mol. The highest BCUT2D eigenvalue weighted by Crippen LogP contribution is 2.47. The Bertz CT molecular complexity index is 771. The molecule has 0 heterocycles. The van der Waals surface area contributed by atoms with Crippen molar-refractivity contribution in [1.29, 1.82) is 0 Å². The molecule has 0 bridgehead atoms. The molecule has 2 N–H and O–H groups in total. The summed E-state index contributed by atoms with van der Waals surface area (Å²) in [7, 11) is -3.41. The van der Waals surface area contributed by atoms with Crippen LogP contribution >= 0.6 is 11.6 Å². The SMILES string of the molecule is Cc1ccc(S(=O)(=O)[C@@H]2[C@H](N)[C@H]2c2cccc(Cl)c2)cc1. The smallest absolute Gasteiger partial charge is 0.183 e. The van der Waals surface area contributed by atoms with E-state index in [0.29, 0.717) is 9.92 Å². The van der Waals surface area contributed by atoms with Crippen LogP contribution in [0.25, 0.3) is 0 Å². The van der Waals surface area contributed by atoms with Gasteiger partial charge in [0.25, 0.3) is 0 Å². The molecule has 110 valence electrons. The molecular weight excluding hydrogens is 306 g/mol. The molecule has 0 aliphatic heterocycles. The quantitative estimate of drug-likeness (QED) is 0.945. The Kier molecular flexibility index (Phi) is 3.56. The minimum Gasteiger partial charge on any atom is -0.326 e. The summed E-state index contributed by atoms with van der Waals surface area (Å²) < 4.78 is 25.3. The summed E-state index contributed by atoms with van der Waals surface area (Å²) in [5.41, 5.74) is 7.94. The summed E-state index contributed by atoms with van der Waals surface area (Å²) >= 11 is 5.97. The lowest BCUT2D eigenvalue weighted by molar-refractivity contribution is 0.593. The highest BCUT2D eigenvalue weighted by Gasteiger charge is 2.57. The summed E-state index contributed by atoms with van der Waals surface area (Å²) in [4.78, 5) is 0.332. The van der Waals surface area contributed by atoms with Crippen LogP contribution in [0.3, 0.4) is 0 Å². The third-order valence-corrected chi connectivity index (χ3v) is 6.44. The van der Waals surface area contributed by atoms with Crippen LogP contribution in [0.4, 0.5) is 0 Å². The van der Waals surface area contributed by atoms with Crippen LogP contribution < -0.4 is 5.73 Å². The molecule has 0 aromatic heterocycles. The lowest BCUT2D eigenvalue weighted by atomic mass is 10.1. The molecular formula is C16H16ClNO2S. The van der Waals surface area contributed by atoms with E-state index in [1.807, 2.05) is 19.1 Å². The molecule has 2 aromatic rings. The Morgan fingerprint density at radius 1 is 1.10 bits per heavy atom. The van der Waals surface area contributed by atoms with Gasteiger partial charge in [0.2, 0.25) is 0 Å². The number of hydrogen-bond acceptors (Lipinski definition) is 3. The normalized spacial score (nSPS) is 24.8. The molecule has 3 rings (SSSR count). The van der Waals surface area contributed by atoms with Crippen LogP contribution in [0, 0.1) is 6.92 Å². The average molecular weight is 322 g/mol. The summed E-state index contributed by atoms with van der Waals surface area (Å²) in [6.45, 7) is 1.92. The van der Waals surface area contributed by atoms with Gasteiger partial charge in [0.15, 0.2) is 9.84 Å². The fourth-order valence-corrected chi connectivity index (χ4v) is 4.96. The maximum absolute atomic E-state index is 12.7. The van der Waals surface area contributed by atoms with Crippen LogP contribution in [0.1, 0.15) is 17.0 Å². The molecule has 0 unspecified atom stereocenters. The van der Waals surface area contributed by atoms with E-state index in [-0.39, 0.29) is 12.0 Å². The van der Waals surface area contributed by atoms with Crippen molar-refractivity contribution in [2.75, 3.05) is 0 Å². The van der Waals surface area contributed by atoms with E-state index in [9.17, 15) is 8.42 Å². The number of hydrogen-bond donors (Lipinski definition) is 1. The summed E-state index contributed by atoms with van der Waals surface area (Å²) in [5, 5.41) is 0.0248. The number of nitrogens with two attached hydrogens (primary N) is 1. The number of rotatable bonds is 3. The molecule has 1 saturated carbocycles. The largest absolute Gasteiger partial charge is 0.326 e. The third-order valence-electron chi connectivity index (χ3n) is 3.95. The van der Waals surface area contributed by atoms with Gasteiger partial charge < -0.3 is 5.73 Å². The minimum absolute atomic E-state index is 0.185. The van der Waals surface area contributed by atoms with Crippen molar-refractivity contribution in [3.8, 4) is 0 Å². The fraction of sp³-hybridized carbons (Fsp3) is 0.250. The molecule has 1 aliphatic carbocycles. The zero-order valence-electron chi connectivity index (χ0n) is 11.5. The van der Waals surface area contributed by atoms with Gasteiger partial charge in [-0.25, -0.2) is 8.42 Å². The average Bonchev–Trinajstić information content (AvgIpc) is 3.12. The topological polar surface area (TPSA) is 60.2 Å². The lowest BCUT2D eigenvalue weighted by Crippen LogP contribution is -2.15. The van der Waals surface area contributed by atoms with Crippen LogP contribution in [0.5, 0.6) is 0 Å². The van der Waals surface area contributed by atoms with Crippen molar-refractivity contribution < 1.29 is 8.42 Å². The third kappa shape index (κ3) is 2.59. The second-order valence-electron chi connectivity index (χ2n) is 5.48. The van der Waals surface area contributed by atoms with Gasteiger partial charge in [-0.15, -0.1) is 0 Å². The molecule has 1 aliphatic rings. The molecule has 2 aromatic carbocycles. The van der Waals surface area contributed by atoms with Crippen LogP contribution in [-0.2, 0) is 9.84 Å². The zero-order valence-corrected chi connectivity index (χ0v) is 13.1. The molecule has 3 atom stereocenters. The van der Waals surface area contributed by atoms with Crippen molar-refractivity contribution in [3.05, 3.63) is 64.7 Å². The first-order valence-corrected chi connectivity index (χ1v) is 8.65. The lowest BCUT2D eigenvalue weighted by Gasteiger charge is -2.05. The number of halogens is 1. The summed E-state index contributed by atoms with van der Waals surface area (Å²) in [6, 6.07) is 13.8. The second kappa shape index (κ2) is 5.13. The van der Waals surface area contributed by atoms with Gasteiger partial charge in [-0.1, -0.05) is 41.4 Å². The highest BCUT2D eigenvalue weighted by atomic mass is 35.5. The number of aryl methyl sites for hydroxylation is 1. The van der Waals surface area contributed by atoms with Crippen molar-refractivity contribution >= 4 is 21.4 Å². The predicted octanol–water partition coefficient (Wildman–Crippen LogP) is 2.92. The highest BCUT2D eigenvalue weighted by molar-refractivity contribution is 7.92. The van der Waals surface area contributed by atoms with Gasteiger partial charge in [-0.05, 0) is 36.8 Å². The molecule has 0 saturated heterocycles. The molecule has 0 spiro atoms. The van der Waals surface area contributed by atoms with Gasteiger partial charge in [0.1, 0.15) is 0 Å². The maximum Gasteiger partial charge on any atom is 0.183 e. The van der Waals surface area contributed by atoms with Crippen molar-refractivity contribution in [2.45, 2.75) is 29.0 Å². The predicted molar refractivity (Wildman–Crippen MR) is 84.3 cm³/mol. The van der Waals surface area contributed by atoms with E-state index in [1.165, 1.54) is 0 Å². The van der Waals surface area contributed by atoms with Gasteiger partial charge >= 0.3 is 0 Å². The molecule has 5 heteroatoms. The van der Waals surface area contributed by atoms with Gasteiger partial charge in [0, 0.05) is 17.0 Å². The Labute approximate surface area is 129 Å². The van der Waals surface area contributed by atoms with E-state index in [4.69, 9.17) is 17.3 Å². The first kappa shape index (κ1) is 14.6. The molecule has 0 amide bonds. The van der Waals surface area contributed by atoms with Crippen LogP contribution in [0.15, 0.2) is 53.4 Å². The second-order valence-corrected chi connectivity index (χ2v) is 8.02. The van der Waals surface area contributed by atoms with Crippen LogP contribution in [-0.4, -0.2) is 19.7 Å². The van der Waals surface area contributed by atoms with Gasteiger partial charge in [-0.3, -0.25) is 0 Å². The summed E-state index contributed by atoms with van der Waals surface area (Å²) in [5.74, 6) is -0.185. The number of benzene rings is 2. The molecule has 1 fully saturated rings. The Hall–Kier alpha value is -1.36.